The van der Waals surface area contributed by atoms with Crippen LogP contribution in [-0.4, -0.2) is 23.0 Å². The molecular formula is C14H16N2O4. The van der Waals surface area contributed by atoms with E-state index in [1.807, 2.05) is 12.1 Å². The maximum atomic E-state index is 11.6. The number of nitrogens with one attached hydrogen (secondary N) is 2. The zero-order valence-electron chi connectivity index (χ0n) is 10.9. The third-order valence-corrected chi connectivity index (χ3v) is 3.18. The number of anilines is 1. The van der Waals surface area contributed by atoms with Gasteiger partial charge in [0.15, 0.2) is 0 Å². The predicted octanol–water partition coefficient (Wildman–Crippen LogP) is 1.69. The zero-order valence-corrected chi connectivity index (χ0v) is 10.9. The number of rotatable bonds is 4. The van der Waals surface area contributed by atoms with E-state index in [9.17, 15) is 14.4 Å². The first-order valence-electron chi connectivity index (χ1n) is 6.49. The summed E-state index contributed by atoms with van der Waals surface area (Å²) in [7, 11) is 0. The molecule has 0 atom stereocenters. The molecule has 3 amide bonds. The van der Waals surface area contributed by atoms with Crippen molar-refractivity contribution in [2.75, 3.05) is 5.32 Å². The standard InChI is InChI=1S/C14H16N2O4/c17-12(6-7-13(18)19)16-14(20)15-11-5-4-9-2-1-3-10(9)8-11/h4-5,8H,1-3,6-7H2,(H,18,19)(H2,15,16,17,20). The van der Waals surface area contributed by atoms with E-state index in [0.717, 1.165) is 19.3 Å². The van der Waals surface area contributed by atoms with Crippen LogP contribution in [0.2, 0.25) is 0 Å². The lowest BCUT2D eigenvalue weighted by Gasteiger charge is -2.08. The Bertz CT molecular complexity index is 554. The molecule has 3 N–H and O–H groups in total. The number of hydrogen-bond donors (Lipinski definition) is 3. The molecule has 0 unspecified atom stereocenters. The van der Waals surface area contributed by atoms with Crippen LogP contribution in [0.3, 0.4) is 0 Å². The fourth-order valence-corrected chi connectivity index (χ4v) is 2.22. The Balaban J connectivity index is 1.85. The van der Waals surface area contributed by atoms with Gasteiger partial charge >= 0.3 is 12.0 Å². The Kier molecular flexibility index (Phi) is 4.34. The van der Waals surface area contributed by atoms with Crippen LogP contribution in [0.25, 0.3) is 0 Å². The van der Waals surface area contributed by atoms with Gasteiger partial charge < -0.3 is 10.4 Å². The van der Waals surface area contributed by atoms with Crippen molar-refractivity contribution >= 4 is 23.6 Å². The molecule has 0 aromatic heterocycles. The van der Waals surface area contributed by atoms with Crippen molar-refractivity contribution in [3.05, 3.63) is 29.3 Å². The molecule has 0 fully saturated rings. The molecule has 6 heteroatoms. The fourth-order valence-electron chi connectivity index (χ4n) is 2.22. The van der Waals surface area contributed by atoms with Gasteiger partial charge in [0, 0.05) is 12.1 Å². The van der Waals surface area contributed by atoms with Crippen molar-refractivity contribution in [3.8, 4) is 0 Å². The Hall–Kier alpha value is -2.37. The zero-order chi connectivity index (χ0) is 14.5. The summed E-state index contributed by atoms with van der Waals surface area (Å²) < 4.78 is 0. The SMILES string of the molecule is O=C(O)CCC(=O)NC(=O)Nc1ccc2c(c1)CCC2. The monoisotopic (exact) mass is 276 g/mol. The molecule has 1 aromatic rings. The number of amides is 3. The van der Waals surface area contributed by atoms with Crippen molar-refractivity contribution in [1.82, 2.24) is 5.32 Å². The molecule has 106 valence electrons. The van der Waals surface area contributed by atoms with Gasteiger partial charge in [-0.25, -0.2) is 4.79 Å². The van der Waals surface area contributed by atoms with Gasteiger partial charge in [0.2, 0.25) is 5.91 Å². The number of carboxylic acids is 1. The number of hydrogen-bond acceptors (Lipinski definition) is 3. The van der Waals surface area contributed by atoms with Crippen LogP contribution in [0.4, 0.5) is 10.5 Å². The normalized spacial score (nSPS) is 12.6. The van der Waals surface area contributed by atoms with E-state index < -0.39 is 17.9 Å². The van der Waals surface area contributed by atoms with Gasteiger partial charge in [-0.05, 0) is 42.5 Å². The highest BCUT2D eigenvalue weighted by Gasteiger charge is 2.13. The first-order chi connectivity index (χ1) is 9.54. The van der Waals surface area contributed by atoms with Crippen LogP contribution in [0.5, 0.6) is 0 Å². The summed E-state index contributed by atoms with van der Waals surface area (Å²) in [6.07, 6.45) is 2.68. The van der Waals surface area contributed by atoms with Crippen LogP contribution >= 0.6 is 0 Å². The minimum Gasteiger partial charge on any atom is -0.481 e. The molecule has 0 heterocycles. The summed E-state index contributed by atoms with van der Waals surface area (Å²) in [6, 6.07) is 5.04. The largest absolute Gasteiger partial charge is 0.481 e. The molecule has 0 spiro atoms. The van der Waals surface area contributed by atoms with Gasteiger partial charge in [0.25, 0.3) is 0 Å². The fraction of sp³-hybridized carbons (Fsp3) is 0.357. The summed E-state index contributed by atoms with van der Waals surface area (Å²) >= 11 is 0. The first-order valence-corrected chi connectivity index (χ1v) is 6.49. The first kappa shape index (κ1) is 14.0. The average Bonchev–Trinajstić information content (AvgIpc) is 2.83. The average molecular weight is 276 g/mol. The molecule has 0 saturated carbocycles. The molecular weight excluding hydrogens is 260 g/mol. The molecule has 20 heavy (non-hydrogen) atoms. The minimum absolute atomic E-state index is 0.215. The maximum absolute atomic E-state index is 11.6. The Morgan fingerprint density at radius 3 is 2.60 bits per heavy atom. The van der Waals surface area contributed by atoms with Gasteiger partial charge in [-0.15, -0.1) is 0 Å². The molecule has 0 saturated heterocycles. The van der Waals surface area contributed by atoms with Gasteiger partial charge in [-0.1, -0.05) is 6.07 Å². The molecule has 0 aliphatic heterocycles. The topological polar surface area (TPSA) is 95.5 Å². The third-order valence-electron chi connectivity index (χ3n) is 3.18. The summed E-state index contributed by atoms with van der Waals surface area (Å²) in [5, 5.41) is 13.1. The number of carbonyl (C=O) groups excluding carboxylic acids is 2. The lowest BCUT2D eigenvalue weighted by atomic mass is 10.1. The van der Waals surface area contributed by atoms with Gasteiger partial charge in [0.05, 0.1) is 6.42 Å². The summed E-state index contributed by atoms with van der Waals surface area (Å²) in [4.78, 5) is 33.2. The van der Waals surface area contributed by atoms with Crippen molar-refractivity contribution in [3.63, 3.8) is 0 Å². The summed E-state index contributed by atoms with van der Waals surface area (Å²) in [6.45, 7) is 0. The second-order valence-electron chi connectivity index (χ2n) is 4.73. The Morgan fingerprint density at radius 1 is 1.10 bits per heavy atom. The molecule has 0 radical (unpaired) electrons. The van der Waals surface area contributed by atoms with E-state index in [2.05, 4.69) is 10.6 Å². The number of carboxylic acid groups (broad SMARTS) is 1. The number of benzene rings is 1. The van der Waals surface area contributed by atoms with E-state index in [1.54, 1.807) is 6.07 Å². The van der Waals surface area contributed by atoms with E-state index in [1.165, 1.54) is 11.1 Å². The maximum Gasteiger partial charge on any atom is 0.325 e. The third kappa shape index (κ3) is 3.81. The van der Waals surface area contributed by atoms with Crippen LogP contribution in [0.1, 0.15) is 30.4 Å². The predicted molar refractivity (Wildman–Crippen MR) is 72.5 cm³/mol. The number of imide groups is 1. The van der Waals surface area contributed by atoms with E-state index in [-0.39, 0.29) is 12.8 Å². The molecule has 1 aliphatic rings. The number of aryl methyl sites for hydroxylation is 2. The lowest BCUT2D eigenvalue weighted by Crippen LogP contribution is -2.34. The van der Waals surface area contributed by atoms with Crippen molar-refractivity contribution in [2.45, 2.75) is 32.1 Å². The summed E-state index contributed by atoms with van der Waals surface area (Å²) in [5.74, 6) is -1.68. The number of urea groups is 1. The van der Waals surface area contributed by atoms with Gasteiger partial charge in [-0.2, -0.15) is 0 Å². The number of fused-ring (bicyclic) bond motifs is 1. The molecule has 1 aliphatic carbocycles. The Morgan fingerprint density at radius 2 is 1.85 bits per heavy atom. The second kappa shape index (κ2) is 6.18. The lowest BCUT2D eigenvalue weighted by molar-refractivity contribution is -0.138. The highest BCUT2D eigenvalue weighted by molar-refractivity contribution is 6.01. The van der Waals surface area contributed by atoms with Crippen LogP contribution in [0.15, 0.2) is 18.2 Å². The Labute approximate surface area is 116 Å². The second-order valence-corrected chi connectivity index (χ2v) is 4.73. The van der Waals surface area contributed by atoms with E-state index in [0.29, 0.717) is 5.69 Å². The highest BCUT2D eigenvalue weighted by Crippen LogP contribution is 2.24. The van der Waals surface area contributed by atoms with Crippen LogP contribution < -0.4 is 10.6 Å². The number of aliphatic carboxylic acids is 1. The van der Waals surface area contributed by atoms with Crippen LogP contribution in [-0.2, 0) is 22.4 Å². The van der Waals surface area contributed by atoms with E-state index >= 15 is 0 Å². The highest BCUT2D eigenvalue weighted by atomic mass is 16.4. The number of carbonyl (C=O) groups is 3. The molecule has 1 aromatic carbocycles. The quantitative estimate of drug-likeness (QED) is 0.779. The van der Waals surface area contributed by atoms with E-state index in [4.69, 9.17) is 5.11 Å². The molecule has 0 bridgehead atoms. The van der Waals surface area contributed by atoms with Gasteiger partial charge in [0.1, 0.15) is 0 Å². The van der Waals surface area contributed by atoms with Gasteiger partial charge in [-0.3, -0.25) is 14.9 Å². The summed E-state index contributed by atoms with van der Waals surface area (Å²) in [5.41, 5.74) is 3.16. The van der Waals surface area contributed by atoms with Crippen molar-refractivity contribution in [1.29, 1.82) is 0 Å². The molecule has 2 rings (SSSR count). The molecule has 6 nitrogen and oxygen atoms in total. The van der Waals surface area contributed by atoms with Crippen molar-refractivity contribution < 1.29 is 19.5 Å². The smallest absolute Gasteiger partial charge is 0.325 e. The van der Waals surface area contributed by atoms with Crippen LogP contribution in [0, 0.1) is 0 Å². The van der Waals surface area contributed by atoms with Crippen molar-refractivity contribution in [2.24, 2.45) is 0 Å². The minimum atomic E-state index is -1.07.